The summed E-state index contributed by atoms with van der Waals surface area (Å²) < 4.78 is 5.20. The summed E-state index contributed by atoms with van der Waals surface area (Å²) in [5.41, 5.74) is 4.46. The molecule has 1 saturated heterocycles. The van der Waals surface area contributed by atoms with Crippen LogP contribution in [0.4, 0.5) is 0 Å². The van der Waals surface area contributed by atoms with Crippen molar-refractivity contribution in [3.05, 3.63) is 0 Å². The quantitative estimate of drug-likeness (QED) is 0.272. The molecule has 1 rings (SSSR count). The van der Waals surface area contributed by atoms with Crippen LogP contribution in [0.25, 0.3) is 0 Å². The van der Waals surface area contributed by atoms with Crippen molar-refractivity contribution >= 4 is 11.7 Å². The largest absolute Gasteiger partial charge is 0.409 e. The number of carbonyl (C=O) groups excluding carboxylic acids is 1. The maximum atomic E-state index is 11.8. The summed E-state index contributed by atoms with van der Waals surface area (Å²) in [5.74, 6) is 0.0365. The van der Waals surface area contributed by atoms with Gasteiger partial charge in [0.15, 0.2) is 5.84 Å². The van der Waals surface area contributed by atoms with E-state index in [4.69, 9.17) is 15.7 Å². The molecular formula is C10H19N3O3. The van der Waals surface area contributed by atoms with Crippen LogP contribution in [0.1, 0.15) is 20.3 Å². The molecule has 1 fully saturated rings. The van der Waals surface area contributed by atoms with Crippen molar-refractivity contribution in [1.29, 1.82) is 0 Å². The van der Waals surface area contributed by atoms with Crippen molar-refractivity contribution in [3.63, 3.8) is 0 Å². The maximum absolute atomic E-state index is 11.8. The molecule has 0 aliphatic carbocycles. The molecule has 92 valence electrons. The Morgan fingerprint density at radius 3 is 2.88 bits per heavy atom. The molecule has 4 N–H and O–H groups in total. The van der Waals surface area contributed by atoms with Gasteiger partial charge in [0.2, 0.25) is 5.91 Å². The van der Waals surface area contributed by atoms with Crippen molar-refractivity contribution in [3.8, 4) is 0 Å². The first-order valence-corrected chi connectivity index (χ1v) is 5.32. The molecule has 1 amide bonds. The molecule has 1 aliphatic heterocycles. The minimum Gasteiger partial charge on any atom is -0.409 e. The molecule has 0 bridgehead atoms. The van der Waals surface area contributed by atoms with Gasteiger partial charge in [-0.15, -0.1) is 0 Å². The SMILES string of the molecule is CC(C)(C(=O)NCC1CCOC1)C(N)=NO. The Morgan fingerprint density at radius 2 is 2.38 bits per heavy atom. The van der Waals surface area contributed by atoms with Gasteiger partial charge >= 0.3 is 0 Å². The van der Waals surface area contributed by atoms with Gasteiger partial charge in [-0.05, 0) is 20.3 Å². The number of carbonyl (C=O) groups is 1. The summed E-state index contributed by atoms with van der Waals surface area (Å²) in [7, 11) is 0. The lowest BCUT2D eigenvalue weighted by Crippen LogP contribution is -2.47. The molecule has 0 radical (unpaired) electrons. The lowest BCUT2D eigenvalue weighted by Gasteiger charge is -2.22. The van der Waals surface area contributed by atoms with Crippen molar-refractivity contribution in [2.45, 2.75) is 20.3 Å². The molecule has 0 saturated carbocycles. The summed E-state index contributed by atoms with van der Waals surface area (Å²) >= 11 is 0. The van der Waals surface area contributed by atoms with Crippen LogP contribution in [0.5, 0.6) is 0 Å². The maximum Gasteiger partial charge on any atom is 0.233 e. The zero-order valence-electron chi connectivity index (χ0n) is 9.69. The van der Waals surface area contributed by atoms with E-state index >= 15 is 0 Å². The number of hydrogen-bond donors (Lipinski definition) is 3. The molecule has 1 atom stereocenters. The minimum atomic E-state index is -0.992. The summed E-state index contributed by atoms with van der Waals surface area (Å²) in [6, 6.07) is 0. The second-order valence-electron chi connectivity index (χ2n) is 4.55. The summed E-state index contributed by atoms with van der Waals surface area (Å²) in [5, 5.41) is 14.2. The first kappa shape index (κ1) is 12.8. The first-order chi connectivity index (χ1) is 7.48. The van der Waals surface area contributed by atoms with Crippen LogP contribution < -0.4 is 11.1 Å². The van der Waals surface area contributed by atoms with Crippen LogP contribution >= 0.6 is 0 Å². The van der Waals surface area contributed by atoms with E-state index in [1.807, 2.05) is 0 Å². The molecule has 1 aliphatic rings. The highest BCUT2D eigenvalue weighted by molar-refractivity contribution is 6.05. The molecule has 0 aromatic heterocycles. The first-order valence-electron chi connectivity index (χ1n) is 5.32. The smallest absolute Gasteiger partial charge is 0.233 e. The lowest BCUT2D eigenvalue weighted by atomic mass is 9.90. The molecule has 16 heavy (non-hydrogen) atoms. The van der Waals surface area contributed by atoms with Gasteiger partial charge in [0.25, 0.3) is 0 Å². The Balaban J connectivity index is 2.44. The fraction of sp³-hybridized carbons (Fsp3) is 0.800. The highest BCUT2D eigenvalue weighted by Gasteiger charge is 2.33. The van der Waals surface area contributed by atoms with Gasteiger partial charge in [-0.2, -0.15) is 0 Å². The van der Waals surface area contributed by atoms with E-state index < -0.39 is 5.41 Å². The molecule has 1 heterocycles. The highest BCUT2D eigenvalue weighted by atomic mass is 16.5. The zero-order chi connectivity index (χ0) is 12.2. The fourth-order valence-electron chi connectivity index (χ4n) is 1.44. The van der Waals surface area contributed by atoms with Gasteiger partial charge in [0.1, 0.15) is 5.41 Å². The van der Waals surface area contributed by atoms with Crippen LogP contribution in [0, 0.1) is 11.3 Å². The van der Waals surface area contributed by atoms with Crippen LogP contribution in [0.3, 0.4) is 0 Å². The topological polar surface area (TPSA) is 96.9 Å². The van der Waals surface area contributed by atoms with Crippen LogP contribution in [-0.2, 0) is 9.53 Å². The van der Waals surface area contributed by atoms with Crippen molar-refractivity contribution in [2.75, 3.05) is 19.8 Å². The number of amidine groups is 1. The zero-order valence-corrected chi connectivity index (χ0v) is 9.69. The third kappa shape index (κ3) is 2.85. The minimum absolute atomic E-state index is 0.0901. The number of ether oxygens (including phenoxy) is 1. The van der Waals surface area contributed by atoms with Gasteiger partial charge in [-0.1, -0.05) is 5.16 Å². The summed E-state index contributed by atoms with van der Waals surface area (Å²) in [6.45, 7) is 5.24. The van der Waals surface area contributed by atoms with Crippen LogP contribution in [-0.4, -0.2) is 36.7 Å². The lowest BCUT2D eigenvalue weighted by molar-refractivity contribution is -0.126. The number of oxime groups is 1. The number of amides is 1. The molecule has 0 aromatic rings. The highest BCUT2D eigenvalue weighted by Crippen LogP contribution is 2.16. The van der Waals surface area contributed by atoms with Gasteiger partial charge < -0.3 is 21.0 Å². The fourth-order valence-corrected chi connectivity index (χ4v) is 1.44. The Hall–Kier alpha value is -1.30. The normalized spacial score (nSPS) is 22.1. The van der Waals surface area contributed by atoms with Crippen molar-refractivity contribution in [1.82, 2.24) is 5.32 Å². The van der Waals surface area contributed by atoms with E-state index in [1.54, 1.807) is 13.8 Å². The summed E-state index contributed by atoms with van der Waals surface area (Å²) in [4.78, 5) is 11.8. The summed E-state index contributed by atoms with van der Waals surface area (Å²) in [6.07, 6.45) is 0.963. The molecule has 1 unspecified atom stereocenters. The number of nitrogens with one attached hydrogen (secondary N) is 1. The molecule has 0 spiro atoms. The predicted molar refractivity (Wildman–Crippen MR) is 59.1 cm³/mol. The Labute approximate surface area is 94.8 Å². The van der Waals surface area contributed by atoms with E-state index in [9.17, 15) is 4.79 Å². The van der Waals surface area contributed by atoms with Gasteiger partial charge in [-0.3, -0.25) is 4.79 Å². The number of nitrogens with two attached hydrogens (primary N) is 1. The Kier molecular flexibility index (Phi) is 4.12. The molecule has 0 aromatic carbocycles. The van der Waals surface area contributed by atoms with E-state index in [0.29, 0.717) is 19.1 Å². The van der Waals surface area contributed by atoms with Crippen molar-refractivity contribution < 1.29 is 14.7 Å². The number of nitrogens with zero attached hydrogens (tertiary/aromatic N) is 1. The van der Waals surface area contributed by atoms with Crippen molar-refractivity contribution in [2.24, 2.45) is 22.2 Å². The second kappa shape index (κ2) is 5.16. The van der Waals surface area contributed by atoms with Gasteiger partial charge in [0, 0.05) is 19.1 Å². The Bertz CT molecular complexity index is 283. The van der Waals surface area contributed by atoms with E-state index in [2.05, 4.69) is 10.5 Å². The number of rotatable bonds is 4. The number of hydrogen-bond acceptors (Lipinski definition) is 4. The third-order valence-corrected chi connectivity index (χ3v) is 2.89. The van der Waals surface area contributed by atoms with Gasteiger partial charge in [-0.25, -0.2) is 0 Å². The van der Waals surface area contributed by atoms with E-state index in [1.165, 1.54) is 0 Å². The second-order valence-corrected chi connectivity index (χ2v) is 4.55. The van der Waals surface area contributed by atoms with Crippen LogP contribution in [0.2, 0.25) is 0 Å². The third-order valence-electron chi connectivity index (χ3n) is 2.89. The average Bonchev–Trinajstić information content (AvgIpc) is 2.77. The van der Waals surface area contributed by atoms with Crippen LogP contribution in [0.15, 0.2) is 5.16 Å². The van der Waals surface area contributed by atoms with E-state index in [0.717, 1.165) is 13.0 Å². The molecular weight excluding hydrogens is 210 g/mol. The molecule has 6 nitrogen and oxygen atoms in total. The van der Waals surface area contributed by atoms with E-state index in [-0.39, 0.29) is 11.7 Å². The standard InChI is InChI=1S/C10H19N3O3/c1-10(2,8(11)13-15)9(14)12-5-7-3-4-16-6-7/h7,15H,3-6H2,1-2H3,(H2,11,13)(H,12,14). The molecule has 6 heteroatoms. The van der Waals surface area contributed by atoms with Gasteiger partial charge in [0.05, 0.1) is 6.61 Å². The Morgan fingerprint density at radius 1 is 1.69 bits per heavy atom. The predicted octanol–water partition coefficient (Wildman–Crippen LogP) is -0.0883. The monoisotopic (exact) mass is 229 g/mol. The average molecular weight is 229 g/mol.